The molecular weight excluding hydrogens is 420 g/mol. The highest BCUT2D eigenvalue weighted by Gasteiger charge is 2.15. The van der Waals surface area contributed by atoms with E-state index in [1.54, 1.807) is 4.57 Å². The molecular formula is C24H30N6OS. The number of H-pyrrole nitrogens is 1. The van der Waals surface area contributed by atoms with Gasteiger partial charge in [0.05, 0.1) is 0 Å². The summed E-state index contributed by atoms with van der Waals surface area (Å²) in [5.41, 5.74) is 4.47. The highest BCUT2D eigenvalue weighted by molar-refractivity contribution is 7.71. The number of aryl methyl sites for hydroxylation is 1. The van der Waals surface area contributed by atoms with E-state index in [0.717, 1.165) is 43.9 Å². The summed E-state index contributed by atoms with van der Waals surface area (Å²) in [5.74, 6) is 0.569. The van der Waals surface area contributed by atoms with E-state index in [9.17, 15) is 4.79 Å². The molecule has 1 saturated heterocycles. The Bertz CT molecular complexity index is 1110. The van der Waals surface area contributed by atoms with Gasteiger partial charge in [0.2, 0.25) is 5.91 Å². The molecule has 1 aliphatic rings. The quantitative estimate of drug-likeness (QED) is 0.542. The molecule has 1 amide bonds. The summed E-state index contributed by atoms with van der Waals surface area (Å²) in [6.07, 6.45) is 0. The summed E-state index contributed by atoms with van der Waals surface area (Å²) in [7, 11) is 2.17. The number of benzene rings is 2. The molecule has 2 aromatic carbocycles. The van der Waals surface area contributed by atoms with E-state index in [4.69, 9.17) is 12.2 Å². The van der Waals surface area contributed by atoms with Crippen molar-refractivity contribution in [1.82, 2.24) is 29.9 Å². The zero-order valence-corrected chi connectivity index (χ0v) is 19.5. The van der Waals surface area contributed by atoms with Gasteiger partial charge in [0.15, 0.2) is 10.6 Å². The SMILES string of the molecule is Cc1ccc(-c2n[nH]c(=S)n2CC(=O)NCc2cccc(CN3CCN(C)CC3)c2)cc1. The van der Waals surface area contributed by atoms with E-state index in [2.05, 4.69) is 56.6 Å². The first-order valence-electron chi connectivity index (χ1n) is 11.0. The van der Waals surface area contributed by atoms with Gasteiger partial charge in [-0.1, -0.05) is 54.1 Å². The van der Waals surface area contributed by atoms with Crippen LogP contribution in [-0.2, 0) is 24.4 Å². The molecule has 0 spiro atoms. The minimum absolute atomic E-state index is 0.0969. The van der Waals surface area contributed by atoms with Gasteiger partial charge in [-0.15, -0.1) is 0 Å². The molecule has 0 atom stereocenters. The van der Waals surface area contributed by atoms with E-state index in [-0.39, 0.29) is 12.5 Å². The number of hydrogen-bond acceptors (Lipinski definition) is 5. The molecule has 1 fully saturated rings. The third-order valence-corrected chi connectivity index (χ3v) is 6.16. The number of hydrogen-bond donors (Lipinski definition) is 2. The topological polar surface area (TPSA) is 69.2 Å². The average Bonchev–Trinajstić information content (AvgIpc) is 3.15. The minimum atomic E-state index is -0.0969. The van der Waals surface area contributed by atoms with Crippen molar-refractivity contribution in [2.75, 3.05) is 33.2 Å². The molecule has 1 aliphatic heterocycles. The van der Waals surface area contributed by atoms with Gasteiger partial charge in [-0.3, -0.25) is 19.4 Å². The van der Waals surface area contributed by atoms with Crippen molar-refractivity contribution in [3.05, 3.63) is 70.0 Å². The Kier molecular flexibility index (Phi) is 7.14. The fourth-order valence-electron chi connectivity index (χ4n) is 3.89. The van der Waals surface area contributed by atoms with Crippen LogP contribution < -0.4 is 5.32 Å². The van der Waals surface area contributed by atoms with Gasteiger partial charge in [-0.2, -0.15) is 5.10 Å². The van der Waals surface area contributed by atoms with Crippen LogP contribution >= 0.6 is 12.2 Å². The van der Waals surface area contributed by atoms with Gasteiger partial charge in [-0.05, 0) is 37.3 Å². The van der Waals surface area contributed by atoms with Gasteiger partial charge >= 0.3 is 0 Å². The van der Waals surface area contributed by atoms with Crippen LogP contribution in [-0.4, -0.2) is 63.7 Å². The van der Waals surface area contributed by atoms with Crippen molar-refractivity contribution in [3.8, 4) is 11.4 Å². The summed E-state index contributed by atoms with van der Waals surface area (Å²) < 4.78 is 2.17. The second-order valence-electron chi connectivity index (χ2n) is 8.48. The minimum Gasteiger partial charge on any atom is -0.350 e. The number of likely N-dealkylation sites (N-methyl/N-ethyl adjacent to an activating group) is 1. The number of carbonyl (C=O) groups excluding carboxylic acids is 1. The second-order valence-corrected chi connectivity index (χ2v) is 8.87. The van der Waals surface area contributed by atoms with Gasteiger partial charge in [-0.25, -0.2) is 0 Å². The molecule has 3 aromatic rings. The van der Waals surface area contributed by atoms with Gasteiger partial charge in [0.1, 0.15) is 6.54 Å². The number of rotatable bonds is 7. The monoisotopic (exact) mass is 450 g/mol. The molecule has 1 aromatic heterocycles. The van der Waals surface area contributed by atoms with E-state index >= 15 is 0 Å². The summed E-state index contributed by atoms with van der Waals surface area (Å²) in [5, 5.41) is 10.1. The second kappa shape index (κ2) is 10.2. The lowest BCUT2D eigenvalue weighted by atomic mass is 10.1. The van der Waals surface area contributed by atoms with Crippen LogP contribution in [0.4, 0.5) is 0 Å². The highest BCUT2D eigenvalue weighted by atomic mass is 32.1. The summed E-state index contributed by atoms with van der Waals surface area (Å²) in [4.78, 5) is 17.5. The van der Waals surface area contributed by atoms with Crippen molar-refractivity contribution >= 4 is 18.1 Å². The van der Waals surface area contributed by atoms with Gasteiger partial charge < -0.3 is 10.2 Å². The number of carbonyl (C=O) groups is 1. The van der Waals surface area contributed by atoms with Crippen molar-refractivity contribution in [1.29, 1.82) is 0 Å². The standard InChI is InChI=1S/C24H30N6OS/c1-18-6-8-21(9-7-18)23-26-27-24(32)30(23)17-22(31)25-15-19-4-3-5-20(14-19)16-29-12-10-28(2)11-13-29/h3-9,14H,10-13,15-17H2,1-2H3,(H,25,31)(H,27,32). The van der Waals surface area contributed by atoms with Gasteiger partial charge in [0.25, 0.3) is 0 Å². The Balaban J connectivity index is 1.35. The Morgan fingerprint density at radius 3 is 2.56 bits per heavy atom. The molecule has 0 radical (unpaired) electrons. The zero-order chi connectivity index (χ0) is 22.5. The summed E-state index contributed by atoms with van der Waals surface area (Å²) >= 11 is 5.35. The fraction of sp³-hybridized carbons (Fsp3) is 0.375. The smallest absolute Gasteiger partial charge is 0.240 e. The molecule has 4 rings (SSSR count). The maximum absolute atomic E-state index is 12.7. The molecule has 0 aliphatic carbocycles. The van der Waals surface area contributed by atoms with Crippen LogP contribution in [0.1, 0.15) is 16.7 Å². The molecule has 0 saturated carbocycles. The normalized spacial score (nSPS) is 15.1. The average molecular weight is 451 g/mol. The first-order valence-corrected chi connectivity index (χ1v) is 11.4. The lowest BCUT2D eigenvalue weighted by Crippen LogP contribution is -2.43. The number of piperazine rings is 1. The highest BCUT2D eigenvalue weighted by Crippen LogP contribution is 2.18. The number of amides is 1. The third-order valence-electron chi connectivity index (χ3n) is 5.85. The number of nitrogens with one attached hydrogen (secondary N) is 2. The fourth-order valence-corrected chi connectivity index (χ4v) is 4.09. The Morgan fingerprint density at radius 1 is 1.09 bits per heavy atom. The van der Waals surface area contributed by atoms with Crippen molar-refractivity contribution in [2.45, 2.75) is 26.6 Å². The Hall–Kier alpha value is -2.81. The largest absolute Gasteiger partial charge is 0.350 e. The molecule has 32 heavy (non-hydrogen) atoms. The molecule has 0 unspecified atom stereocenters. The predicted molar refractivity (Wildman–Crippen MR) is 129 cm³/mol. The van der Waals surface area contributed by atoms with Crippen LogP contribution in [0.5, 0.6) is 0 Å². The Labute approximate surface area is 194 Å². The maximum Gasteiger partial charge on any atom is 0.240 e. The summed E-state index contributed by atoms with van der Waals surface area (Å²) in [6, 6.07) is 16.5. The number of aromatic nitrogens is 3. The third kappa shape index (κ3) is 5.70. The summed E-state index contributed by atoms with van der Waals surface area (Å²) in [6.45, 7) is 7.99. The molecule has 168 valence electrons. The van der Waals surface area contributed by atoms with E-state index in [1.807, 2.05) is 31.2 Å². The Morgan fingerprint density at radius 2 is 1.81 bits per heavy atom. The van der Waals surface area contributed by atoms with Gasteiger partial charge in [0, 0.05) is 44.8 Å². The maximum atomic E-state index is 12.7. The van der Waals surface area contributed by atoms with E-state index in [1.165, 1.54) is 11.1 Å². The van der Waals surface area contributed by atoms with Crippen molar-refractivity contribution < 1.29 is 4.79 Å². The molecule has 8 heteroatoms. The molecule has 2 heterocycles. The first kappa shape index (κ1) is 22.4. The van der Waals surface area contributed by atoms with Crippen LogP contribution in [0.15, 0.2) is 48.5 Å². The van der Waals surface area contributed by atoms with E-state index < -0.39 is 0 Å². The van der Waals surface area contributed by atoms with Crippen LogP contribution in [0.3, 0.4) is 0 Å². The lowest BCUT2D eigenvalue weighted by molar-refractivity contribution is -0.121. The predicted octanol–water partition coefficient (Wildman–Crippen LogP) is 2.98. The molecule has 0 bridgehead atoms. The molecule has 7 nitrogen and oxygen atoms in total. The molecule has 2 N–H and O–H groups in total. The van der Waals surface area contributed by atoms with Crippen LogP contribution in [0, 0.1) is 11.7 Å². The first-order chi connectivity index (χ1) is 15.5. The zero-order valence-electron chi connectivity index (χ0n) is 18.7. The number of nitrogens with zero attached hydrogens (tertiary/aromatic N) is 4. The number of aromatic amines is 1. The van der Waals surface area contributed by atoms with E-state index in [0.29, 0.717) is 17.1 Å². The van der Waals surface area contributed by atoms with Crippen molar-refractivity contribution in [2.24, 2.45) is 0 Å². The lowest BCUT2D eigenvalue weighted by Gasteiger charge is -2.32. The van der Waals surface area contributed by atoms with Crippen LogP contribution in [0.2, 0.25) is 0 Å². The van der Waals surface area contributed by atoms with Crippen LogP contribution in [0.25, 0.3) is 11.4 Å². The van der Waals surface area contributed by atoms with Crippen molar-refractivity contribution in [3.63, 3.8) is 0 Å².